The Morgan fingerprint density at radius 1 is 0.867 bits per heavy atom. The van der Waals surface area contributed by atoms with Crippen LogP contribution in [0.15, 0.2) is 64.8 Å². The molecule has 0 saturated carbocycles. The SMILES string of the molecule is C#CCCC1(CCNC(=O)COc2cccc([C@@H](CCc3ccc(OC)c(OC)c3)OC(=O)[C@@H]3CCCCN3C(=O)C(CCC)c3cc(OC)c(OC)c(OC)c3)c2)N=N1. The molecule has 5 rings (SSSR count). The number of rotatable bonds is 23. The average Bonchev–Trinajstić information content (AvgIpc) is 4.06. The molecule has 1 fully saturated rings. The Kier molecular flexibility index (Phi) is 16.4. The summed E-state index contributed by atoms with van der Waals surface area (Å²) in [6.45, 7) is 2.61. The number of esters is 1. The third-order valence-electron chi connectivity index (χ3n) is 10.9. The molecule has 1 unspecified atom stereocenters. The van der Waals surface area contributed by atoms with Crippen LogP contribution in [0.2, 0.25) is 0 Å². The number of ether oxygens (including phenoxy) is 7. The first kappa shape index (κ1) is 45.1. The van der Waals surface area contributed by atoms with Crippen molar-refractivity contribution in [3.8, 4) is 46.8 Å². The molecule has 0 radical (unpaired) electrons. The van der Waals surface area contributed by atoms with E-state index >= 15 is 0 Å². The number of carbonyl (C=O) groups is 3. The lowest BCUT2D eigenvalue weighted by Gasteiger charge is -2.37. The van der Waals surface area contributed by atoms with Crippen molar-refractivity contribution in [3.63, 3.8) is 0 Å². The predicted molar refractivity (Wildman–Crippen MR) is 225 cm³/mol. The summed E-state index contributed by atoms with van der Waals surface area (Å²) < 4.78 is 40.1. The fraction of sp³-hybridized carbons (Fsp3) is 0.500. The van der Waals surface area contributed by atoms with Gasteiger partial charge in [0.2, 0.25) is 11.7 Å². The van der Waals surface area contributed by atoms with Crippen LogP contribution in [0.3, 0.4) is 0 Å². The van der Waals surface area contributed by atoms with Gasteiger partial charge in [-0.2, -0.15) is 10.2 Å². The van der Waals surface area contributed by atoms with Gasteiger partial charge >= 0.3 is 5.97 Å². The minimum absolute atomic E-state index is 0.160. The number of amides is 2. The Morgan fingerprint density at radius 2 is 1.60 bits per heavy atom. The topological polar surface area (TPSA) is 156 Å². The zero-order valence-corrected chi connectivity index (χ0v) is 35.6. The van der Waals surface area contributed by atoms with E-state index in [9.17, 15) is 14.4 Å². The molecule has 3 aromatic rings. The zero-order chi connectivity index (χ0) is 43.1. The third-order valence-corrected chi connectivity index (χ3v) is 10.9. The van der Waals surface area contributed by atoms with Gasteiger partial charge in [0.1, 0.15) is 17.9 Å². The number of hydrogen-bond acceptors (Lipinski definition) is 12. The van der Waals surface area contributed by atoms with E-state index in [0.29, 0.717) is 104 Å². The highest BCUT2D eigenvalue weighted by atomic mass is 16.5. The first-order chi connectivity index (χ1) is 29.1. The van der Waals surface area contributed by atoms with Crippen LogP contribution in [0.1, 0.15) is 93.4 Å². The van der Waals surface area contributed by atoms with Gasteiger partial charge in [-0.3, -0.25) is 9.59 Å². The Labute approximate surface area is 353 Å². The summed E-state index contributed by atoms with van der Waals surface area (Å²) in [7, 11) is 7.78. The highest BCUT2D eigenvalue weighted by Gasteiger charge is 2.39. The maximum atomic E-state index is 14.6. The van der Waals surface area contributed by atoms with E-state index in [-0.39, 0.29) is 18.4 Å². The highest BCUT2D eigenvalue weighted by molar-refractivity contribution is 5.89. The molecule has 2 aliphatic heterocycles. The number of benzene rings is 3. The molecule has 0 aliphatic carbocycles. The van der Waals surface area contributed by atoms with Crippen molar-refractivity contribution in [1.82, 2.24) is 10.2 Å². The lowest BCUT2D eigenvalue weighted by molar-refractivity contribution is -0.162. The second kappa shape index (κ2) is 21.9. The largest absolute Gasteiger partial charge is 0.493 e. The first-order valence-corrected chi connectivity index (χ1v) is 20.5. The molecule has 1 saturated heterocycles. The zero-order valence-electron chi connectivity index (χ0n) is 35.6. The van der Waals surface area contributed by atoms with Gasteiger partial charge in [0.15, 0.2) is 35.3 Å². The van der Waals surface area contributed by atoms with Crippen LogP contribution in [-0.2, 0) is 25.5 Å². The van der Waals surface area contributed by atoms with Crippen LogP contribution in [0, 0.1) is 12.3 Å². The molecule has 2 amide bonds. The minimum atomic E-state index is -0.790. The Morgan fingerprint density at radius 3 is 2.25 bits per heavy atom. The number of methoxy groups -OCH3 is 5. The van der Waals surface area contributed by atoms with Crippen molar-refractivity contribution in [2.75, 3.05) is 55.2 Å². The Bertz CT molecular complexity index is 1980. The number of carbonyl (C=O) groups excluding carboxylic acids is 3. The van der Waals surface area contributed by atoms with Gasteiger partial charge in [0.05, 0.1) is 41.5 Å². The van der Waals surface area contributed by atoms with Crippen LogP contribution in [0.4, 0.5) is 0 Å². The van der Waals surface area contributed by atoms with Crippen molar-refractivity contribution in [2.24, 2.45) is 10.2 Å². The maximum Gasteiger partial charge on any atom is 0.329 e. The summed E-state index contributed by atoms with van der Waals surface area (Å²) >= 11 is 0. The molecule has 2 aliphatic rings. The number of nitrogens with one attached hydrogen (secondary N) is 1. The van der Waals surface area contributed by atoms with Crippen LogP contribution in [0.5, 0.6) is 34.5 Å². The van der Waals surface area contributed by atoms with Gasteiger partial charge in [-0.1, -0.05) is 31.5 Å². The fourth-order valence-corrected chi connectivity index (χ4v) is 7.59. The molecule has 3 aromatic carbocycles. The summed E-state index contributed by atoms with van der Waals surface area (Å²) in [5.41, 5.74) is 1.86. The average molecular weight is 827 g/mol. The number of aryl methyl sites for hydroxylation is 1. The molecular formula is C46H58N4O10. The number of piperidine rings is 1. The van der Waals surface area contributed by atoms with E-state index in [2.05, 4.69) is 21.5 Å². The molecule has 14 heteroatoms. The van der Waals surface area contributed by atoms with Crippen LogP contribution < -0.4 is 33.7 Å². The Balaban J connectivity index is 1.34. The van der Waals surface area contributed by atoms with Crippen LogP contribution in [0.25, 0.3) is 0 Å². The number of nitrogens with zero attached hydrogens (tertiary/aromatic N) is 3. The quantitative estimate of drug-likeness (QED) is 0.0757. The number of terminal acetylenes is 1. The lowest BCUT2D eigenvalue weighted by atomic mass is 9.90. The minimum Gasteiger partial charge on any atom is -0.493 e. The molecule has 0 aromatic heterocycles. The fourth-order valence-electron chi connectivity index (χ4n) is 7.59. The summed E-state index contributed by atoms with van der Waals surface area (Å²) in [6, 6.07) is 15.7. The second-order valence-electron chi connectivity index (χ2n) is 14.8. The van der Waals surface area contributed by atoms with Gasteiger partial charge < -0.3 is 43.4 Å². The molecular weight excluding hydrogens is 769 g/mol. The summed E-state index contributed by atoms with van der Waals surface area (Å²) in [4.78, 5) is 43.4. The molecule has 322 valence electrons. The predicted octanol–water partition coefficient (Wildman–Crippen LogP) is 7.37. The Hall–Kier alpha value is -5.97. The molecule has 14 nitrogen and oxygen atoms in total. The van der Waals surface area contributed by atoms with Gasteiger partial charge in [-0.05, 0) is 91.6 Å². The van der Waals surface area contributed by atoms with Crippen molar-refractivity contribution in [2.45, 2.75) is 94.9 Å². The van der Waals surface area contributed by atoms with Crippen molar-refractivity contribution in [3.05, 3.63) is 71.3 Å². The molecule has 1 N–H and O–H groups in total. The summed E-state index contributed by atoms with van der Waals surface area (Å²) in [5, 5.41) is 11.1. The highest BCUT2D eigenvalue weighted by Crippen LogP contribution is 2.42. The van der Waals surface area contributed by atoms with Gasteiger partial charge in [0, 0.05) is 32.4 Å². The molecule has 0 bridgehead atoms. The summed E-state index contributed by atoms with van der Waals surface area (Å²) in [5.74, 6) is 4.08. The normalized spacial score (nSPS) is 16.1. The molecule has 60 heavy (non-hydrogen) atoms. The van der Waals surface area contributed by atoms with Gasteiger partial charge in [-0.25, -0.2) is 4.79 Å². The maximum absolute atomic E-state index is 14.6. The van der Waals surface area contributed by atoms with Crippen molar-refractivity contribution >= 4 is 17.8 Å². The van der Waals surface area contributed by atoms with Crippen molar-refractivity contribution in [1.29, 1.82) is 0 Å². The van der Waals surface area contributed by atoms with Crippen molar-refractivity contribution < 1.29 is 47.5 Å². The number of hydrogen-bond donors (Lipinski definition) is 1. The monoisotopic (exact) mass is 826 g/mol. The van der Waals surface area contributed by atoms with Gasteiger partial charge in [0.25, 0.3) is 5.91 Å². The van der Waals surface area contributed by atoms with E-state index in [0.717, 1.165) is 24.8 Å². The molecule has 0 spiro atoms. The van der Waals surface area contributed by atoms with E-state index in [1.54, 1.807) is 49.5 Å². The second-order valence-corrected chi connectivity index (χ2v) is 14.8. The molecule has 3 atom stereocenters. The van der Waals surface area contributed by atoms with E-state index in [1.165, 1.54) is 21.3 Å². The summed E-state index contributed by atoms with van der Waals surface area (Å²) in [6.07, 6.45) is 10.7. The standard InChI is InChI=1S/C46H58N4O10/c1-8-10-22-46(48-49-46)23-24-47-42(51)30-59-34-16-13-15-32(27-34)37(20-18-31-19-21-38(54-3)39(26-31)55-4)60-45(53)36-17-11-12-25-50(36)44(52)35(14-9-2)33-28-40(56-5)43(58-7)41(29-33)57-6/h1,13,15-16,19,21,26-29,35-37H,9-12,14,17-18,20,22-25,30H2,2-7H3,(H,47,51)/t35?,36-,37+/m0/s1. The lowest BCUT2D eigenvalue weighted by Crippen LogP contribution is -2.50. The smallest absolute Gasteiger partial charge is 0.329 e. The van der Waals surface area contributed by atoms with E-state index in [1.807, 2.05) is 31.2 Å². The third kappa shape index (κ3) is 11.6. The van der Waals surface area contributed by atoms with Crippen LogP contribution >= 0.6 is 0 Å². The molecule has 2 heterocycles. The number of likely N-dealkylation sites (tertiary alicyclic amines) is 1. The van der Waals surface area contributed by atoms with Gasteiger partial charge in [-0.15, -0.1) is 12.3 Å². The van der Waals surface area contributed by atoms with Crippen LogP contribution in [-0.4, -0.2) is 89.6 Å². The van der Waals surface area contributed by atoms with E-state index < -0.39 is 29.7 Å². The van der Waals surface area contributed by atoms with E-state index in [4.69, 9.17) is 39.6 Å². The first-order valence-electron chi connectivity index (χ1n) is 20.5.